The van der Waals surface area contributed by atoms with E-state index in [1.165, 1.54) is 19.3 Å². The van der Waals surface area contributed by atoms with Crippen molar-refractivity contribution in [2.75, 3.05) is 0 Å². The molecule has 2 saturated carbocycles. The summed E-state index contributed by atoms with van der Waals surface area (Å²) in [5, 5.41) is 6.03. The Morgan fingerprint density at radius 1 is 1.00 bits per heavy atom. The van der Waals surface area contributed by atoms with Crippen LogP contribution in [-0.2, 0) is 9.59 Å². The maximum absolute atomic E-state index is 12.4. The van der Waals surface area contributed by atoms with Gasteiger partial charge in [-0.3, -0.25) is 9.59 Å². The molecule has 0 spiro atoms. The second-order valence-electron chi connectivity index (χ2n) is 7.09. The molecule has 4 heteroatoms. The Morgan fingerprint density at radius 2 is 1.58 bits per heavy atom. The van der Waals surface area contributed by atoms with Crippen molar-refractivity contribution < 1.29 is 9.59 Å². The zero-order valence-electron chi connectivity index (χ0n) is 12.3. The molecule has 19 heavy (non-hydrogen) atoms. The van der Waals surface area contributed by atoms with Gasteiger partial charge in [0, 0.05) is 11.6 Å². The standard InChI is InChI=1S/C15H26N2O2/c1-14(2,3)17-13(19)15(9-10-15)12(18)16-11-7-5-4-6-8-11/h11H,4-10H2,1-3H3,(H,16,18)(H,17,19). The quantitative estimate of drug-likeness (QED) is 0.769. The molecule has 0 unspecified atom stereocenters. The minimum absolute atomic E-state index is 0.0545. The van der Waals surface area contributed by atoms with Crippen molar-refractivity contribution in [3.63, 3.8) is 0 Å². The molecule has 0 atom stereocenters. The minimum atomic E-state index is -0.773. The summed E-state index contributed by atoms with van der Waals surface area (Å²) in [5.41, 5.74) is -1.05. The van der Waals surface area contributed by atoms with Crippen LogP contribution < -0.4 is 10.6 Å². The van der Waals surface area contributed by atoms with Gasteiger partial charge in [-0.1, -0.05) is 19.3 Å². The van der Waals surface area contributed by atoms with Crippen LogP contribution in [0.4, 0.5) is 0 Å². The van der Waals surface area contributed by atoms with Gasteiger partial charge in [-0.2, -0.15) is 0 Å². The van der Waals surface area contributed by atoms with E-state index < -0.39 is 5.41 Å². The van der Waals surface area contributed by atoms with Crippen LogP contribution in [0.3, 0.4) is 0 Å². The van der Waals surface area contributed by atoms with E-state index in [0.717, 1.165) is 12.8 Å². The topological polar surface area (TPSA) is 58.2 Å². The lowest BCUT2D eigenvalue weighted by atomic mass is 9.94. The summed E-state index contributed by atoms with van der Waals surface area (Å²) in [6.07, 6.45) is 7.13. The van der Waals surface area contributed by atoms with Gasteiger partial charge in [0.1, 0.15) is 5.41 Å². The average Bonchev–Trinajstić information content (AvgIpc) is 3.09. The second kappa shape index (κ2) is 5.14. The van der Waals surface area contributed by atoms with E-state index in [1.54, 1.807) is 0 Å². The molecule has 2 aliphatic rings. The molecular formula is C15H26N2O2. The molecule has 2 aliphatic carbocycles. The summed E-state index contributed by atoms with van der Waals surface area (Å²) in [6.45, 7) is 5.83. The highest BCUT2D eigenvalue weighted by Crippen LogP contribution is 2.46. The number of carbonyl (C=O) groups is 2. The van der Waals surface area contributed by atoms with Gasteiger partial charge in [0.2, 0.25) is 11.8 Å². The lowest BCUT2D eigenvalue weighted by Crippen LogP contribution is -2.51. The predicted octanol–water partition coefficient (Wildman–Crippen LogP) is 2.13. The van der Waals surface area contributed by atoms with Crippen LogP contribution in [0.25, 0.3) is 0 Å². The van der Waals surface area contributed by atoms with Crippen molar-refractivity contribution in [1.29, 1.82) is 0 Å². The molecule has 0 radical (unpaired) electrons. The van der Waals surface area contributed by atoms with Crippen LogP contribution in [0.5, 0.6) is 0 Å². The van der Waals surface area contributed by atoms with Gasteiger partial charge in [0.25, 0.3) is 0 Å². The van der Waals surface area contributed by atoms with Crippen molar-refractivity contribution >= 4 is 11.8 Å². The monoisotopic (exact) mass is 266 g/mol. The van der Waals surface area contributed by atoms with Gasteiger partial charge in [0.15, 0.2) is 0 Å². The Morgan fingerprint density at radius 3 is 2.05 bits per heavy atom. The molecule has 0 aliphatic heterocycles. The first kappa shape index (κ1) is 14.4. The fourth-order valence-electron chi connectivity index (χ4n) is 2.71. The Labute approximate surface area is 115 Å². The summed E-state index contributed by atoms with van der Waals surface area (Å²) in [6, 6.07) is 0.279. The Hall–Kier alpha value is -1.06. The minimum Gasteiger partial charge on any atom is -0.352 e. The number of carbonyl (C=O) groups excluding carboxylic acids is 2. The first-order valence-corrected chi connectivity index (χ1v) is 7.47. The number of hydrogen-bond donors (Lipinski definition) is 2. The Bertz CT molecular complexity index is 361. The predicted molar refractivity (Wildman–Crippen MR) is 74.6 cm³/mol. The molecule has 0 aromatic heterocycles. The van der Waals surface area contributed by atoms with Gasteiger partial charge in [-0.05, 0) is 46.5 Å². The van der Waals surface area contributed by atoms with Crippen LogP contribution >= 0.6 is 0 Å². The van der Waals surface area contributed by atoms with E-state index in [9.17, 15) is 9.59 Å². The smallest absolute Gasteiger partial charge is 0.236 e. The number of nitrogens with one attached hydrogen (secondary N) is 2. The van der Waals surface area contributed by atoms with Crippen molar-refractivity contribution in [3.8, 4) is 0 Å². The molecule has 2 amide bonds. The van der Waals surface area contributed by atoms with Crippen LogP contribution in [0.2, 0.25) is 0 Å². The largest absolute Gasteiger partial charge is 0.352 e. The summed E-state index contributed by atoms with van der Waals surface area (Å²) >= 11 is 0. The van der Waals surface area contributed by atoms with Crippen LogP contribution in [0.15, 0.2) is 0 Å². The van der Waals surface area contributed by atoms with Crippen molar-refractivity contribution in [1.82, 2.24) is 10.6 Å². The highest BCUT2D eigenvalue weighted by molar-refractivity contribution is 6.08. The van der Waals surface area contributed by atoms with Gasteiger partial charge >= 0.3 is 0 Å². The average molecular weight is 266 g/mol. The van der Waals surface area contributed by atoms with Gasteiger partial charge < -0.3 is 10.6 Å². The van der Waals surface area contributed by atoms with E-state index in [0.29, 0.717) is 12.8 Å². The molecule has 2 N–H and O–H groups in total. The number of amides is 2. The van der Waals surface area contributed by atoms with Crippen LogP contribution in [0.1, 0.15) is 65.7 Å². The third-order valence-corrected chi connectivity index (χ3v) is 4.05. The maximum Gasteiger partial charge on any atom is 0.236 e. The first-order valence-electron chi connectivity index (χ1n) is 7.47. The summed E-state index contributed by atoms with van der Waals surface area (Å²) in [5.74, 6) is -0.158. The maximum atomic E-state index is 12.4. The molecule has 0 aromatic rings. The van der Waals surface area contributed by atoms with Gasteiger partial charge in [0.05, 0.1) is 0 Å². The second-order valence-corrected chi connectivity index (χ2v) is 7.09. The van der Waals surface area contributed by atoms with E-state index in [2.05, 4.69) is 10.6 Å². The third-order valence-electron chi connectivity index (χ3n) is 4.05. The van der Waals surface area contributed by atoms with E-state index in [1.807, 2.05) is 20.8 Å². The first-order chi connectivity index (χ1) is 8.83. The number of rotatable bonds is 3. The molecule has 0 saturated heterocycles. The SMILES string of the molecule is CC(C)(C)NC(=O)C1(C(=O)NC2CCCCC2)CC1. The molecule has 2 rings (SSSR count). The molecule has 0 heterocycles. The van der Waals surface area contributed by atoms with Crippen LogP contribution in [0, 0.1) is 5.41 Å². The van der Waals surface area contributed by atoms with Gasteiger partial charge in [-0.15, -0.1) is 0 Å². The highest BCUT2D eigenvalue weighted by Gasteiger charge is 2.57. The lowest BCUT2D eigenvalue weighted by Gasteiger charge is -2.27. The zero-order chi connectivity index (χ0) is 14.1. The van der Waals surface area contributed by atoms with Crippen molar-refractivity contribution in [2.24, 2.45) is 5.41 Å². The van der Waals surface area contributed by atoms with Crippen molar-refractivity contribution in [3.05, 3.63) is 0 Å². The fourth-order valence-corrected chi connectivity index (χ4v) is 2.71. The Balaban J connectivity index is 1.92. The normalized spacial score (nSPS) is 22.7. The lowest BCUT2D eigenvalue weighted by molar-refractivity contribution is -0.138. The molecule has 0 aromatic carbocycles. The highest BCUT2D eigenvalue weighted by atomic mass is 16.2. The molecule has 4 nitrogen and oxygen atoms in total. The fraction of sp³-hybridized carbons (Fsp3) is 0.867. The molecule has 0 bridgehead atoms. The third kappa shape index (κ3) is 3.48. The van der Waals surface area contributed by atoms with E-state index in [4.69, 9.17) is 0 Å². The number of hydrogen-bond acceptors (Lipinski definition) is 2. The summed E-state index contributed by atoms with van der Waals surface area (Å²) in [7, 11) is 0. The molecule has 2 fully saturated rings. The van der Waals surface area contributed by atoms with Gasteiger partial charge in [-0.25, -0.2) is 0 Å². The Kier molecular flexibility index (Phi) is 3.88. The van der Waals surface area contributed by atoms with Crippen molar-refractivity contribution in [2.45, 2.75) is 77.3 Å². The summed E-state index contributed by atoms with van der Waals surface area (Å²) < 4.78 is 0. The van der Waals surface area contributed by atoms with E-state index in [-0.39, 0.29) is 23.4 Å². The summed E-state index contributed by atoms with van der Waals surface area (Å²) in [4.78, 5) is 24.6. The molecular weight excluding hydrogens is 240 g/mol. The van der Waals surface area contributed by atoms with Crippen LogP contribution in [-0.4, -0.2) is 23.4 Å². The molecule has 108 valence electrons. The van der Waals surface area contributed by atoms with E-state index >= 15 is 0 Å². The zero-order valence-corrected chi connectivity index (χ0v) is 12.3.